The van der Waals surface area contributed by atoms with Gasteiger partial charge in [0.05, 0.1) is 5.69 Å². The minimum absolute atomic E-state index is 0.0148. The van der Waals surface area contributed by atoms with Crippen molar-refractivity contribution in [3.05, 3.63) is 87.9 Å². The zero-order valence-electron chi connectivity index (χ0n) is 18.3. The van der Waals surface area contributed by atoms with Crippen LogP contribution in [0.4, 0.5) is 11.4 Å². The van der Waals surface area contributed by atoms with E-state index in [1.54, 1.807) is 24.3 Å². The van der Waals surface area contributed by atoms with E-state index in [0.717, 1.165) is 42.0 Å². The number of aromatic nitrogens is 1. The second-order valence-corrected chi connectivity index (χ2v) is 9.32. The summed E-state index contributed by atoms with van der Waals surface area (Å²) in [5.41, 5.74) is 11.6. The van der Waals surface area contributed by atoms with Crippen molar-refractivity contribution in [2.24, 2.45) is 0 Å². The fourth-order valence-electron chi connectivity index (χ4n) is 4.18. The van der Waals surface area contributed by atoms with Crippen molar-refractivity contribution in [3.8, 4) is 0 Å². The zero-order valence-corrected chi connectivity index (χ0v) is 19.1. The predicted octanol–water partition coefficient (Wildman–Crippen LogP) is 4.89. The topological polar surface area (TPSA) is 88.3 Å². The number of ketones is 1. The predicted molar refractivity (Wildman–Crippen MR) is 133 cm³/mol. The average molecular weight is 457 g/mol. The molecule has 4 aromatic rings. The van der Waals surface area contributed by atoms with Gasteiger partial charge >= 0.3 is 0 Å². The normalized spacial score (nSPS) is 13.6. The zero-order chi connectivity index (χ0) is 22.9. The van der Waals surface area contributed by atoms with Gasteiger partial charge in [0, 0.05) is 48.4 Å². The van der Waals surface area contributed by atoms with Gasteiger partial charge in [-0.25, -0.2) is 4.98 Å². The van der Waals surface area contributed by atoms with Crippen molar-refractivity contribution < 1.29 is 9.59 Å². The fourth-order valence-corrected chi connectivity index (χ4v) is 5.17. The van der Waals surface area contributed by atoms with Crippen LogP contribution in [0.1, 0.15) is 43.8 Å². The van der Waals surface area contributed by atoms with E-state index in [9.17, 15) is 9.59 Å². The number of hydrogen-bond acceptors (Lipinski definition) is 6. The molecule has 0 spiro atoms. The first kappa shape index (κ1) is 21.3. The first-order chi connectivity index (χ1) is 16.0. The number of Topliss-reactive ketones (excluding diaryl/α,β-unsaturated/α-hetero) is 1. The van der Waals surface area contributed by atoms with Crippen LogP contribution in [0.5, 0.6) is 0 Å². The molecule has 33 heavy (non-hydrogen) atoms. The molecule has 0 radical (unpaired) electrons. The third kappa shape index (κ3) is 4.37. The standard InChI is InChI=1S/C26H24N4O2S/c1-16(31)18-7-9-20(10-8-18)28-25(32)24-23(27)21-13-19-15-30(14-17-5-3-2-4-6-17)12-11-22(19)29-26(21)33-24/h2-10,13H,11-12,14-15,27H2,1H3,(H,28,32). The van der Waals surface area contributed by atoms with Gasteiger partial charge in [0.15, 0.2) is 5.78 Å². The van der Waals surface area contributed by atoms with E-state index in [4.69, 9.17) is 10.7 Å². The van der Waals surface area contributed by atoms with Gasteiger partial charge in [-0.2, -0.15) is 0 Å². The molecule has 3 N–H and O–H groups in total. The number of nitrogens with two attached hydrogens (primary N) is 1. The highest BCUT2D eigenvalue weighted by molar-refractivity contribution is 7.21. The van der Waals surface area contributed by atoms with Crippen LogP contribution in [0, 0.1) is 0 Å². The van der Waals surface area contributed by atoms with Crippen molar-refractivity contribution in [2.45, 2.75) is 26.4 Å². The molecule has 0 saturated heterocycles. The number of carbonyl (C=O) groups excluding carboxylic acids is 2. The molecule has 1 amide bonds. The Bertz CT molecular complexity index is 1350. The lowest BCUT2D eigenvalue weighted by Gasteiger charge is -2.28. The number of rotatable bonds is 5. The number of pyridine rings is 1. The van der Waals surface area contributed by atoms with Gasteiger partial charge in [0.2, 0.25) is 0 Å². The van der Waals surface area contributed by atoms with Gasteiger partial charge in [-0.15, -0.1) is 11.3 Å². The molecule has 166 valence electrons. The molecule has 5 rings (SSSR count). The molecule has 0 unspecified atom stereocenters. The number of amides is 1. The number of thiophene rings is 1. The maximum atomic E-state index is 12.9. The summed E-state index contributed by atoms with van der Waals surface area (Å²) < 4.78 is 0. The van der Waals surface area contributed by atoms with Crippen LogP contribution in [0.25, 0.3) is 10.2 Å². The Kier molecular flexibility index (Phi) is 5.66. The number of hydrogen-bond donors (Lipinski definition) is 2. The van der Waals surface area contributed by atoms with Crippen LogP contribution in [-0.2, 0) is 19.5 Å². The summed E-state index contributed by atoms with van der Waals surface area (Å²) in [7, 11) is 0. The lowest BCUT2D eigenvalue weighted by Crippen LogP contribution is -2.30. The molecule has 7 heteroatoms. The molecule has 0 fully saturated rings. The lowest BCUT2D eigenvalue weighted by molar-refractivity contribution is 0.101. The number of anilines is 2. The Balaban J connectivity index is 1.37. The molecular formula is C26H24N4O2S. The summed E-state index contributed by atoms with van der Waals surface area (Å²) in [6.07, 6.45) is 0.875. The van der Waals surface area contributed by atoms with E-state index in [1.807, 2.05) is 6.07 Å². The first-order valence-electron chi connectivity index (χ1n) is 10.9. The molecule has 0 bridgehead atoms. The van der Waals surface area contributed by atoms with Gasteiger partial charge in [0.1, 0.15) is 9.71 Å². The van der Waals surface area contributed by atoms with Crippen LogP contribution in [0.3, 0.4) is 0 Å². The van der Waals surface area contributed by atoms with E-state index in [2.05, 4.69) is 40.5 Å². The molecular weight excluding hydrogens is 432 g/mol. The maximum Gasteiger partial charge on any atom is 0.267 e. The molecule has 3 heterocycles. The summed E-state index contributed by atoms with van der Waals surface area (Å²) in [4.78, 5) is 32.9. The lowest BCUT2D eigenvalue weighted by atomic mass is 10.0. The number of fused-ring (bicyclic) bond motifs is 2. The van der Waals surface area contributed by atoms with Gasteiger partial charge < -0.3 is 11.1 Å². The Morgan fingerprint density at radius 2 is 1.88 bits per heavy atom. The van der Waals surface area contributed by atoms with Crippen molar-refractivity contribution in [1.82, 2.24) is 9.88 Å². The molecule has 2 aromatic carbocycles. The van der Waals surface area contributed by atoms with E-state index >= 15 is 0 Å². The third-order valence-electron chi connectivity index (χ3n) is 5.95. The van der Waals surface area contributed by atoms with Crippen molar-refractivity contribution in [2.75, 3.05) is 17.6 Å². The highest BCUT2D eigenvalue weighted by atomic mass is 32.1. The van der Waals surface area contributed by atoms with Gasteiger partial charge in [-0.1, -0.05) is 30.3 Å². The van der Waals surface area contributed by atoms with Gasteiger partial charge in [0.25, 0.3) is 5.91 Å². The Labute approximate surface area is 196 Å². The summed E-state index contributed by atoms with van der Waals surface area (Å²) >= 11 is 1.32. The molecule has 0 aliphatic carbocycles. The highest BCUT2D eigenvalue weighted by Crippen LogP contribution is 2.35. The van der Waals surface area contributed by atoms with E-state index in [0.29, 0.717) is 21.8 Å². The monoisotopic (exact) mass is 456 g/mol. The largest absolute Gasteiger partial charge is 0.397 e. The number of carbonyl (C=O) groups is 2. The number of nitrogens with one attached hydrogen (secondary N) is 1. The van der Waals surface area contributed by atoms with Crippen LogP contribution < -0.4 is 11.1 Å². The quantitative estimate of drug-likeness (QED) is 0.418. The summed E-state index contributed by atoms with van der Waals surface area (Å²) in [6.45, 7) is 4.17. The second-order valence-electron chi connectivity index (χ2n) is 8.33. The molecule has 1 aliphatic rings. The second kappa shape index (κ2) is 8.77. The molecule has 2 aromatic heterocycles. The molecule has 0 saturated carbocycles. The SMILES string of the molecule is CC(=O)c1ccc(NC(=O)c2sc3nc4c(cc3c2N)CN(Cc2ccccc2)CC4)cc1. The van der Waals surface area contributed by atoms with E-state index in [1.165, 1.54) is 29.4 Å². The Hall–Kier alpha value is -3.55. The smallest absolute Gasteiger partial charge is 0.267 e. The number of nitrogens with zero attached hydrogens (tertiary/aromatic N) is 2. The molecule has 0 atom stereocenters. The first-order valence-corrected chi connectivity index (χ1v) is 11.7. The van der Waals surface area contributed by atoms with Crippen LogP contribution in [0.15, 0.2) is 60.7 Å². The van der Waals surface area contributed by atoms with E-state index < -0.39 is 0 Å². The Morgan fingerprint density at radius 3 is 2.61 bits per heavy atom. The number of nitrogen functional groups attached to an aromatic ring is 1. The summed E-state index contributed by atoms with van der Waals surface area (Å²) in [5, 5.41) is 3.71. The molecule has 6 nitrogen and oxygen atoms in total. The van der Waals surface area contributed by atoms with Crippen molar-refractivity contribution in [3.63, 3.8) is 0 Å². The van der Waals surface area contributed by atoms with Crippen LogP contribution in [-0.4, -0.2) is 28.1 Å². The highest BCUT2D eigenvalue weighted by Gasteiger charge is 2.23. The summed E-state index contributed by atoms with van der Waals surface area (Å²) in [6, 6.07) is 19.4. The fraction of sp³-hybridized carbons (Fsp3) is 0.192. The third-order valence-corrected chi connectivity index (χ3v) is 7.07. The van der Waals surface area contributed by atoms with Crippen molar-refractivity contribution in [1.29, 1.82) is 0 Å². The van der Waals surface area contributed by atoms with Crippen molar-refractivity contribution >= 4 is 44.6 Å². The Morgan fingerprint density at radius 1 is 1.12 bits per heavy atom. The average Bonchev–Trinajstić information content (AvgIpc) is 3.14. The van der Waals surface area contributed by atoms with Gasteiger partial charge in [-0.3, -0.25) is 14.5 Å². The molecule has 1 aliphatic heterocycles. The van der Waals surface area contributed by atoms with Crippen LogP contribution >= 0.6 is 11.3 Å². The van der Waals surface area contributed by atoms with Gasteiger partial charge in [-0.05, 0) is 48.4 Å². The minimum atomic E-state index is -0.269. The minimum Gasteiger partial charge on any atom is -0.397 e. The number of benzene rings is 2. The van der Waals surface area contributed by atoms with E-state index in [-0.39, 0.29) is 11.7 Å². The maximum absolute atomic E-state index is 12.9. The summed E-state index contributed by atoms with van der Waals surface area (Å²) in [5.74, 6) is -0.284. The van der Waals surface area contributed by atoms with Crippen LogP contribution in [0.2, 0.25) is 0 Å².